The summed E-state index contributed by atoms with van der Waals surface area (Å²) in [6, 6.07) is 20.9. The van der Waals surface area contributed by atoms with Crippen molar-refractivity contribution in [3.05, 3.63) is 126 Å². The molecule has 0 aliphatic carbocycles. The standard InChI is InChI=1S/C17H14F3N3O2S.C12H10N2/c1-11-2-4-12(5-3-11)15-10-16(17(18,19)20)22-23(15)13-6-8-14(9-7-13)26(21,24)25;1(11-3-7-13-8-4-11)2-12-5-9-14-10-6-12/h2-10H,1H3,(H2,21,24,25);1-10H/b;2-1+. The van der Waals surface area contributed by atoms with E-state index < -0.39 is 21.9 Å². The van der Waals surface area contributed by atoms with Crippen molar-refractivity contribution in [2.45, 2.75) is 18.0 Å². The second-order valence-corrected chi connectivity index (χ2v) is 10.2. The van der Waals surface area contributed by atoms with Crippen LogP contribution in [0.2, 0.25) is 0 Å². The molecule has 2 aromatic carbocycles. The molecule has 3 aromatic heterocycles. The predicted molar refractivity (Wildman–Crippen MR) is 148 cm³/mol. The van der Waals surface area contributed by atoms with Gasteiger partial charge in [0.2, 0.25) is 10.0 Å². The van der Waals surface area contributed by atoms with Gasteiger partial charge in [-0.25, -0.2) is 18.2 Å². The lowest BCUT2D eigenvalue weighted by Crippen LogP contribution is -2.12. The van der Waals surface area contributed by atoms with Gasteiger partial charge in [0.05, 0.1) is 16.3 Å². The number of pyridine rings is 2. The molecule has 7 nitrogen and oxygen atoms in total. The minimum absolute atomic E-state index is 0.138. The Morgan fingerprint density at radius 1 is 0.775 bits per heavy atom. The Bertz CT molecular complexity index is 1640. The van der Waals surface area contributed by atoms with Crippen LogP contribution in [-0.2, 0) is 16.2 Å². The molecular formula is C29H24F3N5O2S. The Labute approximate surface area is 229 Å². The van der Waals surface area contributed by atoms with Gasteiger partial charge in [-0.15, -0.1) is 0 Å². The highest BCUT2D eigenvalue weighted by atomic mass is 32.2. The van der Waals surface area contributed by atoms with Crippen molar-refractivity contribution in [2.24, 2.45) is 5.14 Å². The molecule has 3 heterocycles. The minimum atomic E-state index is -4.61. The smallest absolute Gasteiger partial charge is 0.265 e. The van der Waals surface area contributed by atoms with Crippen molar-refractivity contribution in [1.82, 2.24) is 19.7 Å². The highest BCUT2D eigenvalue weighted by Gasteiger charge is 2.35. The molecule has 0 unspecified atom stereocenters. The van der Waals surface area contributed by atoms with Gasteiger partial charge >= 0.3 is 6.18 Å². The summed E-state index contributed by atoms with van der Waals surface area (Å²) >= 11 is 0. The SMILES string of the molecule is C(=C\c1ccncc1)/c1ccncc1.Cc1ccc(-c2cc(C(F)(F)F)nn2-c2ccc(S(N)(=O)=O)cc2)cc1. The molecule has 0 saturated carbocycles. The molecule has 2 N–H and O–H groups in total. The quantitative estimate of drug-likeness (QED) is 0.276. The summed E-state index contributed by atoms with van der Waals surface area (Å²) in [5, 5.41) is 8.70. The third kappa shape index (κ3) is 7.49. The number of benzene rings is 2. The average molecular weight is 564 g/mol. The van der Waals surface area contributed by atoms with E-state index in [1.165, 1.54) is 24.3 Å². The lowest BCUT2D eigenvalue weighted by Gasteiger charge is -2.09. The minimum Gasteiger partial charge on any atom is -0.265 e. The first-order chi connectivity index (χ1) is 19.0. The third-order valence-corrected chi connectivity index (χ3v) is 6.57. The van der Waals surface area contributed by atoms with Crippen LogP contribution in [0.15, 0.2) is 109 Å². The molecule has 0 aliphatic rings. The Morgan fingerprint density at radius 3 is 1.73 bits per heavy atom. The molecule has 0 bridgehead atoms. The van der Waals surface area contributed by atoms with Crippen molar-refractivity contribution in [1.29, 1.82) is 0 Å². The lowest BCUT2D eigenvalue weighted by molar-refractivity contribution is -0.141. The average Bonchev–Trinajstić information content (AvgIpc) is 3.40. The molecule has 0 spiro atoms. The number of nitrogens with two attached hydrogens (primary N) is 1. The van der Waals surface area contributed by atoms with E-state index >= 15 is 0 Å². The number of aromatic nitrogens is 4. The number of hydrogen-bond donors (Lipinski definition) is 1. The van der Waals surface area contributed by atoms with Gasteiger partial charge in [0.1, 0.15) is 0 Å². The zero-order chi connectivity index (χ0) is 28.8. The van der Waals surface area contributed by atoms with Crippen molar-refractivity contribution in [3.8, 4) is 16.9 Å². The van der Waals surface area contributed by atoms with Crippen molar-refractivity contribution in [2.75, 3.05) is 0 Å². The molecule has 5 aromatic rings. The van der Waals surface area contributed by atoms with Crippen LogP contribution >= 0.6 is 0 Å². The Hall–Kier alpha value is -4.61. The summed E-state index contributed by atoms with van der Waals surface area (Å²) < 4.78 is 63.2. The van der Waals surface area contributed by atoms with Crippen LogP contribution < -0.4 is 5.14 Å². The van der Waals surface area contributed by atoms with Crippen LogP contribution in [0.25, 0.3) is 29.1 Å². The molecule has 40 heavy (non-hydrogen) atoms. The van der Waals surface area contributed by atoms with Crippen LogP contribution in [0.4, 0.5) is 13.2 Å². The van der Waals surface area contributed by atoms with Crippen LogP contribution in [0.3, 0.4) is 0 Å². The highest BCUT2D eigenvalue weighted by Crippen LogP contribution is 2.33. The van der Waals surface area contributed by atoms with Gasteiger partial charge in [-0.1, -0.05) is 42.0 Å². The fourth-order valence-electron chi connectivity index (χ4n) is 3.56. The molecular weight excluding hydrogens is 539 g/mol. The third-order valence-electron chi connectivity index (χ3n) is 5.64. The van der Waals surface area contributed by atoms with E-state index in [1.807, 2.05) is 31.2 Å². The predicted octanol–water partition coefficient (Wildman–Crippen LogP) is 6.16. The van der Waals surface area contributed by atoms with Crippen LogP contribution in [0, 0.1) is 6.92 Å². The topological polar surface area (TPSA) is 104 Å². The summed E-state index contributed by atoms with van der Waals surface area (Å²) in [5.41, 5.74) is 3.30. The summed E-state index contributed by atoms with van der Waals surface area (Å²) in [7, 11) is -3.90. The molecule has 0 aliphatic heterocycles. The van der Waals surface area contributed by atoms with E-state index in [1.54, 1.807) is 49.1 Å². The molecule has 0 atom stereocenters. The van der Waals surface area contributed by atoms with Crippen molar-refractivity contribution < 1.29 is 21.6 Å². The second-order valence-electron chi connectivity index (χ2n) is 8.62. The number of aryl methyl sites for hydroxylation is 1. The monoisotopic (exact) mass is 563 g/mol. The molecule has 0 radical (unpaired) electrons. The van der Waals surface area contributed by atoms with E-state index in [-0.39, 0.29) is 16.3 Å². The second kappa shape index (κ2) is 12.1. The maximum Gasteiger partial charge on any atom is 0.435 e. The van der Waals surface area contributed by atoms with E-state index in [0.717, 1.165) is 27.4 Å². The van der Waals surface area contributed by atoms with Crippen LogP contribution in [0.1, 0.15) is 22.4 Å². The molecule has 0 amide bonds. The van der Waals surface area contributed by atoms with Crippen molar-refractivity contribution >= 4 is 22.2 Å². The largest absolute Gasteiger partial charge is 0.435 e. The normalized spacial score (nSPS) is 11.7. The highest BCUT2D eigenvalue weighted by molar-refractivity contribution is 7.89. The van der Waals surface area contributed by atoms with Gasteiger partial charge in [-0.2, -0.15) is 18.3 Å². The maximum absolute atomic E-state index is 13.1. The molecule has 204 valence electrons. The first-order valence-electron chi connectivity index (χ1n) is 11.9. The lowest BCUT2D eigenvalue weighted by atomic mass is 10.1. The van der Waals surface area contributed by atoms with Gasteiger partial charge < -0.3 is 0 Å². The molecule has 0 fully saturated rings. The maximum atomic E-state index is 13.1. The Morgan fingerprint density at radius 2 is 1.27 bits per heavy atom. The van der Waals surface area contributed by atoms with Crippen LogP contribution in [0.5, 0.6) is 0 Å². The summed E-state index contributed by atoms with van der Waals surface area (Å²) in [4.78, 5) is 7.78. The number of halogens is 3. The van der Waals surface area contributed by atoms with Gasteiger partial charge in [-0.05, 0) is 72.6 Å². The zero-order valence-electron chi connectivity index (χ0n) is 21.2. The van der Waals surface area contributed by atoms with Crippen LogP contribution in [-0.4, -0.2) is 28.2 Å². The summed E-state index contributed by atoms with van der Waals surface area (Å²) in [6.45, 7) is 1.87. The Balaban J connectivity index is 0.000000222. The van der Waals surface area contributed by atoms with Gasteiger partial charge in [-0.3, -0.25) is 9.97 Å². The fourth-order valence-corrected chi connectivity index (χ4v) is 4.08. The summed E-state index contributed by atoms with van der Waals surface area (Å²) in [6.07, 6.45) is 6.64. The van der Waals surface area contributed by atoms with Crippen molar-refractivity contribution in [3.63, 3.8) is 0 Å². The number of nitrogens with zero attached hydrogens (tertiary/aromatic N) is 4. The zero-order valence-corrected chi connectivity index (χ0v) is 22.0. The molecule has 11 heteroatoms. The first-order valence-corrected chi connectivity index (χ1v) is 13.4. The van der Waals surface area contributed by atoms with E-state index in [4.69, 9.17) is 5.14 Å². The van der Waals surface area contributed by atoms with Gasteiger partial charge in [0.15, 0.2) is 5.69 Å². The molecule has 5 rings (SSSR count). The number of hydrogen-bond acceptors (Lipinski definition) is 5. The van der Waals surface area contributed by atoms with E-state index in [9.17, 15) is 21.6 Å². The number of sulfonamides is 1. The summed E-state index contributed by atoms with van der Waals surface area (Å²) in [5.74, 6) is 0. The fraction of sp³-hybridized carbons (Fsp3) is 0.0690. The van der Waals surface area contributed by atoms with Gasteiger partial charge in [0, 0.05) is 30.4 Å². The number of primary sulfonamides is 1. The number of rotatable bonds is 5. The van der Waals surface area contributed by atoms with E-state index in [2.05, 4.69) is 27.2 Å². The van der Waals surface area contributed by atoms with Gasteiger partial charge in [0.25, 0.3) is 0 Å². The first kappa shape index (κ1) is 28.4. The number of alkyl halides is 3. The Kier molecular flexibility index (Phi) is 8.56. The van der Waals surface area contributed by atoms with E-state index in [0.29, 0.717) is 5.56 Å². The molecule has 0 saturated heterocycles.